The second-order valence-corrected chi connectivity index (χ2v) is 4.21. The highest BCUT2D eigenvalue weighted by Crippen LogP contribution is 2.38. The quantitative estimate of drug-likeness (QED) is 0.819. The molecule has 0 aliphatic heterocycles. The van der Waals surface area contributed by atoms with Crippen molar-refractivity contribution in [3.63, 3.8) is 0 Å². The van der Waals surface area contributed by atoms with Crippen molar-refractivity contribution in [3.8, 4) is 22.8 Å². The summed E-state index contributed by atoms with van der Waals surface area (Å²) in [6.45, 7) is 0. The summed E-state index contributed by atoms with van der Waals surface area (Å²) in [5.41, 5.74) is 3.16. The van der Waals surface area contributed by atoms with E-state index in [0.29, 0.717) is 5.75 Å². The molecule has 1 aliphatic carbocycles. The van der Waals surface area contributed by atoms with Crippen LogP contribution in [-0.4, -0.2) is 17.4 Å². The molecule has 0 saturated carbocycles. The maximum Gasteiger partial charge on any atom is 0.170 e. The van der Waals surface area contributed by atoms with Crippen molar-refractivity contribution in [2.24, 2.45) is 0 Å². The molecular formula is C13H13NO3. The number of ether oxygens (including phenoxy) is 1. The van der Waals surface area contributed by atoms with Gasteiger partial charge in [-0.2, -0.15) is 0 Å². The van der Waals surface area contributed by atoms with E-state index in [2.05, 4.69) is 5.16 Å². The van der Waals surface area contributed by atoms with Crippen LogP contribution in [0.5, 0.6) is 11.5 Å². The first-order chi connectivity index (χ1) is 8.29. The van der Waals surface area contributed by atoms with Crippen LogP contribution < -0.4 is 4.74 Å². The lowest BCUT2D eigenvalue weighted by Gasteiger charge is -2.09. The van der Waals surface area contributed by atoms with E-state index in [4.69, 9.17) is 9.26 Å². The van der Waals surface area contributed by atoms with Gasteiger partial charge in [0, 0.05) is 11.1 Å². The molecule has 17 heavy (non-hydrogen) atoms. The smallest absolute Gasteiger partial charge is 0.170 e. The Morgan fingerprint density at radius 1 is 1.29 bits per heavy atom. The average Bonchev–Trinajstić information content (AvgIpc) is 2.72. The molecule has 1 heterocycles. The fraction of sp³-hybridized carbons (Fsp3) is 0.308. The van der Waals surface area contributed by atoms with E-state index in [0.717, 1.165) is 41.7 Å². The Bertz CT molecular complexity index is 560. The van der Waals surface area contributed by atoms with Crippen molar-refractivity contribution >= 4 is 0 Å². The Labute approximate surface area is 98.8 Å². The molecule has 3 rings (SSSR count). The molecule has 0 saturated heterocycles. The fourth-order valence-electron chi connectivity index (χ4n) is 2.32. The lowest BCUT2D eigenvalue weighted by atomic mass is 10.0. The summed E-state index contributed by atoms with van der Waals surface area (Å²) >= 11 is 0. The molecular weight excluding hydrogens is 218 g/mol. The Hall–Kier alpha value is -1.97. The standard InChI is InChI=1S/C13H13NO3/c1-16-12-5-8-3-2-4-9-7-14-17-13(9)10(8)6-11(12)15/h5-7,15H,2-4H2,1H3. The molecule has 1 aromatic carbocycles. The number of aromatic hydroxyl groups is 1. The maximum absolute atomic E-state index is 9.83. The molecule has 0 amide bonds. The van der Waals surface area contributed by atoms with Crippen LogP contribution in [0.2, 0.25) is 0 Å². The van der Waals surface area contributed by atoms with Crippen molar-refractivity contribution in [2.75, 3.05) is 7.11 Å². The van der Waals surface area contributed by atoms with Gasteiger partial charge in [-0.1, -0.05) is 5.16 Å². The van der Waals surface area contributed by atoms with Gasteiger partial charge in [0.25, 0.3) is 0 Å². The number of phenolic OH excluding ortho intramolecular Hbond substituents is 1. The molecule has 1 aliphatic rings. The number of fused-ring (bicyclic) bond motifs is 3. The van der Waals surface area contributed by atoms with Crippen molar-refractivity contribution in [1.82, 2.24) is 5.16 Å². The number of rotatable bonds is 1. The minimum Gasteiger partial charge on any atom is -0.504 e. The zero-order valence-corrected chi connectivity index (χ0v) is 9.56. The molecule has 0 unspecified atom stereocenters. The highest BCUT2D eigenvalue weighted by atomic mass is 16.5. The summed E-state index contributed by atoms with van der Waals surface area (Å²) < 4.78 is 10.4. The average molecular weight is 231 g/mol. The number of benzene rings is 1. The third-order valence-corrected chi connectivity index (χ3v) is 3.19. The van der Waals surface area contributed by atoms with Gasteiger partial charge < -0.3 is 14.4 Å². The van der Waals surface area contributed by atoms with Gasteiger partial charge in [-0.15, -0.1) is 0 Å². The summed E-state index contributed by atoms with van der Waals surface area (Å²) in [6, 6.07) is 3.58. The third-order valence-electron chi connectivity index (χ3n) is 3.19. The normalized spacial score (nSPS) is 13.7. The van der Waals surface area contributed by atoms with Crippen LogP contribution in [0.1, 0.15) is 17.5 Å². The maximum atomic E-state index is 9.83. The summed E-state index contributed by atoms with van der Waals surface area (Å²) in [4.78, 5) is 0. The Morgan fingerprint density at radius 3 is 2.94 bits per heavy atom. The summed E-state index contributed by atoms with van der Waals surface area (Å²) in [6.07, 6.45) is 4.72. The van der Waals surface area contributed by atoms with Crippen LogP contribution in [0.25, 0.3) is 11.3 Å². The van der Waals surface area contributed by atoms with Crippen LogP contribution in [0, 0.1) is 0 Å². The lowest BCUT2D eigenvalue weighted by Crippen LogP contribution is -1.91. The highest BCUT2D eigenvalue weighted by Gasteiger charge is 2.20. The monoisotopic (exact) mass is 231 g/mol. The van der Waals surface area contributed by atoms with Crippen LogP contribution in [0.15, 0.2) is 22.9 Å². The Balaban J connectivity index is 2.22. The first kappa shape index (κ1) is 10.2. The van der Waals surface area contributed by atoms with Crippen LogP contribution in [0.4, 0.5) is 0 Å². The van der Waals surface area contributed by atoms with Crippen molar-refractivity contribution in [3.05, 3.63) is 29.5 Å². The predicted octanol–water partition coefficient (Wildman–Crippen LogP) is 2.54. The van der Waals surface area contributed by atoms with Crippen LogP contribution in [0.3, 0.4) is 0 Å². The number of hydrogen-bond donors (Lipinski definition) is 1. The molecule has 0 fully saturated rings. The van der Waals surface area contributed by atoms with E-state index < -0.39 is 0 Å². The van der Waals surface area contributed by atoms with Crippen LogP contribution >= 0.6 is 0 Å². The molecule has 1 N–H and O–H groups in total. The summed E-state index contributed by atoms with van der Waals surface area (Å²) in [7, 11) is 1.55. The molecule has 0 atom stereocenters. The van der Waals surface area contributed by atoms with Gasteiger partial charge in [0.2, 0.25) is 0 Å². The van der Waals surface area contributed by atoms with E-state index in [1.807, 2.05) is 6.07 Å². The molecule has 0 radical (unpaired) electrons. The van der Waals surface area contributed by atoms with Gasteiger partial charge >= 0.3 is 0 Å². The molecule has 0 spiro atoms. The highest BCUT2D eigenvalue weighted by molar-refractivity contribution is 5.70. The van der Waals surface area contributed by atoms with Crippen molar-refractivity contribution in [1.29, 1.82) is 0 Å². The second kappa shape index (κ2) is 3.80. The van der Waals surface area contributed by atoms with Crippen molar-refractivity contribution in [2.45, 2.75) is 19.3 Å². The third kappa shape index (κ3) is 1.56. The van der Waals surface area contributed by atoms with E-state index in [1.165, 1.54) is 0 Å². The predicted molar refractivity (Wildman–Crippen MR) is 62.2 cm³/mol. The SMILES string of the molecule is COc1cc2c(cc1O)-c1oncc1CCC2. The summed E-state index contributed by atoms with van der Waals surface area (Å²) in [5.74, 6) is 1.41. The second-order valence-electron chi connectivity index (χ2n) is 4.21. The molecule has 0 bridgehead atoms. The number of aryl methyl sites for hydroxylation is 2. The molecule has 1 aromatic heterocycles. The zero-order chi connectivity index (χ0) is 11.8. The van der Waals surface area contributed by atoms with E-state index in [-0.39, 0.29) is 5.75 Å². The number of phenols is 1. The van der Waals surface area contributed by atoms with Gasteiger partial charge in [-0.3, -0.25) is 0 Å². The molecule has 4 heteroatoms. The van der Waals surface area contributed by atoms with Crippen LogP contribution in [-0.2, 0) is 12.8 Å². The molecule has 4 nitrogen and oxygen atoms in total. The van der Waals surface area contributed by atoms with Gasteiger partial charge in [0.1, 0.15) is 0 Å². The topological polar surface area (TPSA) is 55.5 Å². The minimum atomic E-state index is 0.135. The van der Waals surface area contributed by atoms with E-state index >= 15 is 0 Å². The van der Waals surface area contributed by atoms with Gasteiger partial charge in [0.15, 0.2) is 17.3 Å². The Kier molecular flexibility index (Phi) is 2.28. The number of hydrogen-bond acceptors (Lipinski definition) is 4. The van der Waals surface area contributed by atoms with Gasteiger partial charge in [-0.05, 0) is 37.0 Å². The fourth-order valence-corrected chi connectivity index (χ4v) is 2.32. The van der Waals surface area contributed by atoms with Gasteiger partial charge in [0.05, 0.1) is 13.3 Å². The largest absolute Gasteiger partial charge is 0.504 e. The minimum absolute atomic E-state index is 0.135. The molecule has 88 valence electrons. The van der Waals surface area contributed by atoms with E-state index in [1.54, 1.807) is 19.4 Å². The van der Waals surface area contributed by atoms with Crippen molar-refractivity contribution < 1.29 is 14.4 Å². The van der Waals surface area contributed by atoms with Gasteiger partial charge in [-0.25, -0.2) is 0 Å². The first-order valence-electron chi connectivity index (χ1n) is 5.63. The zero-order valence-electron chi connectivity index (χ0n) is 9.56. The Morgan fingerprint density at radius 2 is 2.12 bits per heavy atom. The van der Waals surface area contributed by atoms with E-state index in [9.17, 15) is 5.11 Å². The number of aromatic nitrogens is 1. The first-order valence-corrected chi connectivity index (χ1v) is 5.63. The number of methoxy groups -OCH3 is 1. The summed E-state index contributed by atoms with van der Waals surface area (Å²) in [5, 5.41) is 13.7. The molecule has 2 aromatic rings. The lowest BCUT2D eigenvalue weighted by molar-refractivity contribution is 0.372. The number of nitrogens with zero attached hydrogens (tertiary/aromatic N) is 1.